The third-order valence-corrected chi connectivity index (χ3v) is 6.67. The molecule has 0 spiro atoms. The molecule has 0 bridgehead atoms. The number of benzene rings is 1. The van der Waals surface area contributed by atoms with E-state index in [0.717, 1.165) is 5.56 Å². The van der Waals surface area contributed by atoms with Gasteiger partial charge in [-0.25, -0.2) is 4.98 Å². The maximum absolute atomic E-state index is 13.7. The van der Waals surface area contributed by atoms with Crippen LogP contribution in [0.4, 0.5) is 0 Å². The van der Waals surface area contributed by atoms with Gasteiger partial charge in [0.05, 0.1) is 7.11 Å². The minimum atomic E-state index is -4.32. The van der Waals surface area contributed by atoms with E-state index in [1.807, 2.05) is 39.8 Å². The molecule has 10 heteroatoms. The highest BCUT2D eigenvalue weighted by atomic mass is 32.2. The Hall–Kier alpha value is -3.01. The largest absolute Gasteiger partial charge is 0.477 e. The summed E-state index contributed by atoms with van der Waals surface area (Å²) in [5.74, 6) is -0.145. The van der Waals surface area contributed by atoms with Crippen LogP contribution >= 0.6 is 0 Å². The fraction of sp³-hybridized carbons (Fsp3) is 0.478. The topological polar surface area (TPSA) is 124 Å². The third-order valence-electron chi connectivity index (χ3n) is 5.32. The molecule has 0 saturated heterocycles. The lowest BCUT2D eigenvalue weighted by Gasteiger charge is -2.22. The molecule has 0 amide bonds. The van der Waals surface area contributed by atoms with Gasteiger partial charge in [0.2, 0.25) is 0 Å². The van der Waals surface area contributed by atoms with Crippen LogP contribution in [0.2, 0.25) is 0 Å². The Morgan fingerprint density at radius 1 is 0.879 bits per heavy atom. The predicted octanol–water partition coefficient (Wildman–Crippen LogP) is 4.17. The van der Waals surface area contributed by atoms with Crippen molar-refractivity contribution in [2.24, 2.45) is 0 Å². The molecule has 3 aromatic rings. The summed E-state index contributed by atoms with van der Waals surface area (Å²) >= 11 is 0. The lowest BCUT2D eigenvalue weighted by atomic mass is 9.89. The molecule has 33 heavy (non-hydrogen) atoms. The molecule has 3 rings (SSSR count). The summed E-state index contributed by atoms with van der Waals surface area (Å²) in [4.78, 5) is 27.2. The summed E-state index contributed by atoms with van der Waals surface area (Å²) in [6.07, 6.45) is 0. The van der Waals surface area contributed by atoms with E-state index in [2.05, 4.69) is 33.8 Å². The summed E-state index contributed by atoms with van der Waals surface area (Å²) in [5, 5.41) is 0. The second-order valence-corrected chi connectivity index (χ2v) is 10.4. The zero-order chi connectivity index (χ0) is 24.7. The van der Waals surface area contributed by atoms with E-state index in [-0.39, 0.29) is 51.4 Å². The maximum atomic E-state index is 13.7. The number of aryl methyl sites for hydroxylation is 1. The molecule has 2 heterocycles. The number of aromatic amines is 1. The third kappa shape index (κ3) is 4.85. The van der Waals surface area contributed by atoms with E-state index in [1.54, 1.807) is 6.92 Å². The number of ether oxygens (including phenoxy) is 1. The van der Waals surface area contributed by atoms with E-state index in [4.69, 9.17) is 8.92 Å². The first-order valence-corrected chi connectivity index (χ1v) is 12.2. The van der Waals surface area contributed by atoms with Gasteiger partial charge in [-0.05, 0) is 41.4 Å². The second kappa shape index (κ2) is 9.09. The average Bonchev–Trinajstić information content (AvgIpc) is 2.72. The minimum absolute atomic E-state index is 0.0223. The Morgan fingerprint density at radius 3 is 1.94 bits per heavy atom. The van der Waals surface area contributed by atoms with E-state index in [0.29, 0.717) is 11.1 Å². The molecule has 0 aliphatic rings. The fourth-order valence-electron chi connectivity index (χ4n) is 3.56. The number of hydrogen-bond acceptors (Lipinski definition) is 8. The number of nitrogens with one attached hydrogen (secondary N) is 1. The van der Waals surface area contributed by atoms with Crippen molar-refractivity contribution in [1.82, 2.24) is 19.9 Å². The van der Waals surface area contributed by atoms with Crippen molar-refractivity contribution in [3.05, 3.63) is 45.0 Å². The molecule has 2 aromatic heterocycles. The highest BCUT2D eigenvalue weighted by molar-refractivity contribution is 7.87. The van der Waals surface area contributed by atoms with Gasteiger partial charge in [0.1, 0.15) is 10.7 Å². The summed E-state index contributed by atoms with van der Waals surface area (Å²) in [5.41, 5.74) is 1.80. The predicted molar refractivity (Wildman–Crippen MR) is 126 cm³/mol. The molecule has 0 unspecified atom stereocenters. The van der Waals surface area contributed by atoms with Gasteiger partial charge in [-0.3, -0.25) is 4.79 Å². The first kappa shape index (κ1) is 24.6. The maximum Gasteiger partial charge on any atom is 0.341 e. The normalized spacial score (nSPS) is 12.2. The van der Waals surface area contributed by atoms with E-state index in [1.165, 1.54) is 7.11 Å². The number of H-pyrrole nitrogens is 1. The SMILES string of the molecule is COc1nc2nc(C)nc(OS(=O)(=O)c3c(C(C)C)cc(C(C)C)cc3C(C)C)c2[nH]c1=O. The van der Waals surface area contributed by atoms with Gasteiger partial charge in [-0.15, -0.1) is 0 Å². The van der Waals surface area contributed by atoms with Gasteiger partial charge in [-0.1, -0.05) is 53.7 Å². The van der Waals surface area contributed by atoms with E-state index < -0.39 is 15.7 Å². The highest BCUT2D eigenvalue weighted by Gasteiger charge is 2.30. The van der Waals surface area contributed by atoms with E-state index in [9.17, 15) is 13.2 Å². The van der Waals surface area contributed by atoms with Crippen LogP contribution in [0.5, 0.6) is 11.8 Å². The number of aromatic nitrogens is 4. The first-order valence-electron chi connectivity index (χ1n) is 10.8. The summed E-state index contributed by atoms with van der Waals surface area (Å²) < 4.78 is 37.9. The summed E-state index contributed by atoms with van der Waals surface area (Å²) in [6, 6.07) is 3.85. The minimum Gasteiger partial charge on any atom is -0.477 e. The van der Waals surface area contributed by atoms with Gasteiger partial charge in [0.15, 0.2) is 11.2 Å². The fourth-order valence-corrected chi connectivity index (χ4v) is 5.14. The van der Waals surface area contributed by atoms with Gasteiger partial charge < -0.3 is 13.9 Å². The van der Waals surface area contributed by atoms with Gasteiger partial charge >= 0.3 is 15.7 Å². The quantitative estimate of drug-likeness (QED) is 0.506. The van der Waals surface area contributed by atoms with Crippen molar-refractivity contribution in [2.45, 2.75) is 71.1 Å². The number of hydrogen-bond donors (Lipinski definition) is 1. The Bertz CT molecular complexity index is 1330. The van der Waals surface area contributed by atoms with Crippen molar-refractivity contribution in [3.63, 3.8) is 0 Å². The van der Waals surface area contributed by atoms with Crippen LogP contribution in [0, 0.1) is 6.92 Å². The van der Waals surface area contributed by atoms with Crippen LogP contribution in [-0.4, -0.2) is 35.5 Å². The monoisotopic (exact) mass is 474 g/mol. The highest BCUT2D eigenvalue weighted by Crippen LogP contribution is 2.36. The Labute approximate surface area is 193 Å². The Morgan fingerprint density at radius 2 is 1.45 bits per heavy atom. The first-order chi connectivity index (χ1) is 15.4. The second-order valence-electron chi connectivity index (χ2n) is 8.88. The van der Waals surface area contributed by atoms with Crippen molar-refractivity contribution in [1.29, 1.82) is 0 Å². The summed E-state index contributed by atoms with van der Waals surface area (Å²) in [7, 11) is -3.01. The molecule has 9 nitrogen and oxygen atoms in total. The van der Waals surface area contributed by atoms with Crippen molar-refractivity contribution >= 4 is 21.3 Å². The molecule has 178 valence electrons. The molecule has 0 aliphatic heterocycles. The standard InChI is InChI=1S/C23H30N4O5S/c1-11(2)15-9-16(12(3)4)19(17(10-15)13(5)6)33(29,30)32-22-18-20(24-14(7)25-22)27-23(31-8)21(28)26-18/h9-13H,1-8H3,(H,26,28). The number of methoxy groups -OCH3 is 1. The molecule has 0 aliphatic carbocycles. The average molecular weight is 475 g/mol. The van der Waals surface area contributed by atoms with Crippen LogP contribution < -0.4 is 14.5 Å². The lowest BCUT2D eigenvalue weighted by Crippen LogP contribution is -2.19. The number of nitrogens with zero attached hydrogens (tertiary/aromatic N) is 3. The van der Waals surface area contributed by atoms with Gasteiger partial charge in [0, 0.05) is 0 Å². The van der Waals surface area contributed by atoms with Crippen LogP contribution in [0.1, 0.15) is 81.8 Å². The molecular weight excluding hydrogens is 444 g/mol. The zero-order valence-electron chi connectivity index (χ0n) is 20.2. The van der Waals surface area contributed by atoms with Gasteiger partial charge in [0.25, 0.3) is 11.8 Å². The molecule has 0 saturated carbocycles. The molecule has 1 N–H and O–H groups in total. The van der Waals surface area contributed by atoms with Gasteiger partial charge in [-0.2, -0.15) is 18.4 Å². The number of rotatable bonds is 7. The smallest absolute Gasteiger partial charge is 0.341 e. The number of fused-ring (bicyclic) bond motifs is 1. The molecule has 0 atom stereocenters. The Balaban J connectivity index is 2.27. The Kier molecular flexibility index (Phi) is 6.78. The summed E-state index contributed by atoms with van der Waals surface area (Å²) in [6.45, 7) is 13.5. The van der Waals surface area contributed by atoms with Crippen LogP contribution in [0.3, 0.4) is 0 Å². The molecule has 0 fully saturated rings. The van der Waals surface area contributed by atoms with Crippen LogP contribution in [0.15, 0.2) is 21.8 Å². The molecule has 1 aromatic carbocycles. The van der Waals surface area contributed by atoms with Crippen molar-refractivity contribution in [3.8, 4) is 11.8 Å². The lowest BCUT2D eigenvalue weighted by molar-refractivity contribution is 0.392. The van der Waals surface area contributed by atoms with Crippen LogP contribution in [0.25, 0.3) is 11.2 Å². The van der Waals surface area contributed by atoms with Crippen molar-refractivity contribution < 1.29 is 17.3 Å². The van der Waals surface area contributed by atoms with Crippen LogP contribution in [-0.2, 0) is 10.1 Å². The molecule has 0 radical (unpaired) electrons. The van der Waals surface area contributed by atoms with E-state index >= 15 is 0 Å². The van der Waals surface area contributed by atoms with Crippen molar-refractivity contribution in [2.75, 3.05) is 7.11 Å². The molecular formula is C23H30N4O5S. The zero-order valence-corrected chi connectivity index (χ0v) is 21.0.